The number of rotatable bonds is 4. The zero-order chi connectivity index (χ0) is 14.4. The molecule has 0 spiro atoms. The Hall–Kier alpha value is -2.80. The summed E-state index contributed by atoms with van der Waals surface area (Å²) >= 11 is 0. The first-order valence-corrected chi connectivity index (χ1v) is 6.17. The highest BCUT2D eigenvalue weighted by molar-refractivity contribution is 6.04. The van der Waals surface area contributed by atoms with Crippen molar-refractivity contribution in [1.82, 2.24) is 0 Å². The van der Waals surface area contributed by atoms with Crippen LogP contribution >= 0.6 is 0 Å². The second-order valence-corrected chi connectivity index (χ2v) is 4.29. The second kappa shape index (κ2) is 6.39. The summed E-state index contributed by atoms with van der Waals surface area (Å²) < 4.78 is 5.19. The lowest BCUT2D eigenvalue weighted by Crippen LogP contribution is -2.11. The van der Waals surface area contributed by atoms with E-state index in [1.165, 1.54) is 0 Å². The van der Waals surface area contributed by atoms with Gasteiger partial charge in [-0.05, 0) is 31.2 Å². The first-order valence-electron chi connectivity index (χ1n) is 6.17. The molecular formula is C16H14N2O2. The lowest BCUT2D eigenvalue weighted by Gasteiger charge is -2.07. The fraction of sp³-hybridized carbons (Fsp3) is 0.125. The maximum Gasteiger partial charge on any atom is 0.255 e. The van der Waals surface area contributed by atoms with Crippen molar-refractivity contribution in [1.29, 1.82) is 5.26 Å². The van der Waals surface area contributed by atoms with Crippen LogP contribution in [0.4, 0.5) is 5.69 Å². The van der Waals surface area contributed by atoms with Crippen molar-refractivity contribution in [3.05, 3.63) is 59.7 Å². The highest BCUT2D eigenvalue weighted by Gasteiger charge is 2.06. The molecule has 0 saturated heterocycles. The standard InChI is InChI=1S/C16H14N2O2/c1-12-5-7-13(8-6-12)16(19)18-14-3-2-4-15(11-14)20-10-9-17/h2-8,11H,10H2,1H3,(H,18,19). The third kappa shape index (κ3) is 3.59. The van der Waals surface area contributed by atoms with Crippen LogP contribution in [0.2, 0.25) is 0 Å². The highest BCUT2D eigenvalue weighted by atomic mass is 16.5. The minimum Gasteiger partial charge on any atom is -0.479 e. The molecule has 2 aromatic carbocycles. The molecule has 4 heteroatoms. The largest absolute Gasteiger partial charge is 0.479 e. The molecule has 2 rings (SSSR count). The first kappa shape index (κ1) is 13.6. The molecule has 0 radical (unpaired) electrons. The Morgan fingerprint density at radius 3 is 2.70 bits per heavy atom. The Balaban J connectivity index is 2.07. The van der Waals surface area contributed by atoms with Gasteiger partial charge in [-0.25, -0.2) is 0 Å². The Bertz CT molecular complexity index is 642. The normalized spacial score (nSPS) is 9.60. The Kier molecular flexibility index (Phi) is 4.35. The summed E-state index contributed by atoms with van der Waals surface area (Å²) in [5, 5.41) is 11.3. The minimum atomic E-state index is -0.178. The lowest BCUT2D eigenvalue weighted by molar-refractivity contribution is 0.102. The summed E-state index contributed by atoms with van der Waals surface area (Å²) in [6, 6.07) is 16.2. The van der Waals surface area contributed by atoms with Gasteiger partial charge in [0.1, 0.15) is 11.8 Å². The summed E-state index contributed by atoms with van der Waals surface area (Å²) in [5.74, 6) is 0.371. The van der Waals surface area contributed by atoms with Gasteiger partial charge in [0.2, 0.25) is 0 Å². The van der Waals surface area contributed by atoms with Crippen molar-refractivity contribution in [2.45, 2.75) is 6.92 Å². The molecule has 1 N–H and O–H groups in total. The highest BCUT2D eigenvalue weighted by Crippen LogP contribution is 2.18. The summed E-state index contributed by atoms with van der Waals surface area (Å²) in [4.78, 5) is 12.0. The van der Waals surface area contributed by atoms with Crippen LogP contribution in [0.1, 0.15) is 15.9 Å². The number of amides is 1. The molecule has 20 heavy (non-hydrogen) atoms. The first-order chi connectivity index (χ1) is 9.69. The quantitative estimate of drug-likeness (QED) is 0.924. The van der Waals surface area contributed by atoms with Crippen molar-refractivity contribution in [2.75, 3.05) is 11.9 Å². The smallest absolute Gasteiger partial charge is 0.255 e. The number of hydrogen-bond acceptors (Lipinski definition) is 3. The van der Waals surface area contributed by atoms with Crippen LogP contribution in [0, 0.1) is 18.3 Å². The Labute approximate surface area is 117 Å². The van der Waals surface area contributed by atoms with Crippen molar-refractivity contribution < 1.29 is 9.53 Å². The van der Waals surface area contributed by atoms with Crippen molar-refractivity contribution in [3.63, 3.8) is 0 Å². The maximum absolute atomic E-state index is 12.0. The Morgan fingerprint density at radius 2 is 2.00 bits per heavy atom. The molecule has 0 atom stereocenters. The van der Waals surface area contributed by atoms with Crippen LogP contribution in [-0.4, -0.2) is 12.5 Å². The van der Waals surface area contributed by atoms with Gasteiger partial charge in [-0.1, -0.05) is 23.8 Å². The zero-order valence-corrected chi connectivity index (χ0v) is 11.1. The van der Waals surface area contributed by atoms with E-state index < -0.39 is 0 Å². The SMILES string of the molecule is Cc1ccc(C(=O)Nc2cccc(OCC#N)c2)cc1. The van der Waals surface area contributed by atoms with E-state index in [-0.39, 0.29) is 12.5 Å². The van der Waals surface area contributed by atoms with Gasteiger partial charge in [-0.15, -0.1) is 0 Å². The summed E-state index contributed by atoms with van der Waals surface area (Å²) in [6.45, 7) is 1.95. The number of nitrogens with zero attached hydrogens (tertiary/aromatic N) is 1. The van der Waals surface area contributed by atoms with Gasteiger partial charge in [0.05, 0.1) is 0 Å². The van der Waals surface area contributed by atoms with E-state index in [1.54, 1.807) is 36.4 Å². The van der Waals surface area contributed by atoms with E-state index in [0.717, 1.165) is 5.56 Å². The van der Waals surface area contributed by atoms with Crippen LogP contribution in [0.3, 0.4) is 0 Å². The molecule has 0 aliphatic carbocycles. The minimum absolute atomic E-state index is 0.0185. The lowest BCUT2D eigenvalue weighted by atomic mass is 10.1. The summed E-state index contributed by atoms with van der Waals surface area (Å²) in [5.41, 5.74) is 2.33. The number of hydrogen-bond donors (Lipinski definition) is 1. The van der Waals surface area contributed by atoms with Gasteiger partial charge >= 0.3 is 0 Å². The molecule has 0 aliphatic rings. The molecular weight excluding hydrogens is 252 g/mol. The van der Waals surface area contributed by atoms with Gasteiger partial charge in [0.15, 0.2) is 6.61 Å². The fourth-order valence-corrected chi connectivity index (χ4v) is 1.69. The predicted molar refractivity (Wildman–Crippen MR) is 76.7 cm³/mol. The molecule has 0 aromatic heterocycles. The molecule has 0 heterocycles. The van der Waals surface area contributed by atoms with E-state index in [9.17, 15) is 4.79 Å². The van der Waals surface area contributed by atoms with Crippen LogP contribution in [-0.2, 0) is 0 Å². The number of ether oxygens (including phenoxy) is 1. The van der Waals surface area contributed by atoms with Crippen LogP contribution in [0.25, 0.3) is 0 Å². The third-order valence-corrected chi connectivity index (χ3v) is 2.71. The van der Waals surface area contributed by atoms with Crippen LogP contribution in [0.5, 0.6) is 5.75 Å². The topological polar surface area (TPSA) is 62.1 Å². The van der Waals surface area contributed by atoms with E-state index in [4.69, 9.17) is 10.00 Å². The molecule has 0 saturated carbocycles. The van der Waals surface area contributed by atoms with Crippen molar-refractivity contribution >= 4 is 11.6 Å². The third-order valence-electron chi connectivity index (χ3n) is 2.71. The van der Waals surface area contributed by atoms with Gasteiger partial charge < -0.3 is 10.1 Å². The van der Waals surface area contributed by atoms with E-state index in [0.29, 0.717) is 17.0 Å². The van der Waals surface area contributed by atoms with Gasteiger partial charge in [-0.3, -0.25) is 4.79 Å². The molecule has 0 fully saturated rings. The van der Waals surface area contributed by atoms with Gasteiger partial charge in [0.25, 0.3) is 5.91 Å². The average Bonchev–Trinajstić information content (AvgIpc) is 2.46. The molecule has 1 amide bonds. The predicted octanol–water partition coefficient (Wildman–Crippen LogP) is 3.15. The van der Waals surface area contributed by atoms with E-state index >= 15 is 0 Å². The van der Waals surface area contributed by atoms with Crippen LogP contribution < -0.4 is 10.1 Å². The fourth-order valence-electron chi connectivity index (χ4n) is 1.69. The number of nitriles is 1. The maximum atomic E-state index is 12.0. The van der Waals surface area contributed by atoms with Gasteiger partial charge in [-0.2, -0.15) is 5.26 Å². The molecule has 0 unspecified atom stereocenters. The molecule has 4 nitrogen and oxygen atoms in total. The molecule has 2 aromatic rings. The summed E-state index contributed by atoms with van der Waals surface area (Å²) in [7, 11) is 0. The number of carbonyl (C=O) groups is 1. The number of nitrogens with one attached hydrogen (secondary N) is 1. The molecule has 0 aliphatic heterocycles. The summed E-state index contributed by atoms with van der Waals surface area (Å²) in [6.07, 6.45) is 0. The monoisotopic (exact) mass is 266 g/mol. The van der Waals surface area contributed by atoms with Crippen molar-refractivity contribution in [3.8, 4) is 11.8 Å². The number of anilines is 1. The number of carbonyl (C=O) groups excluding carboxylic acids is 1. The van der Waals surface area contributed by atoms with E-state index in [1.807, 2.05) is 25.1 Å². The van der Waals surface area contributed by atoms with Crippen molar-refractivity contribution in [2.24, 2.45) is 0 Å². The van der Waals surface area contributed by atoms with E-state index in [2.05, 4.69) is 5.32 Å². The van der Waals surface area contributed by atoms with Crippen LogP contribution in [0.15, 0.2) is 48.5 Å². The Morgan fingerprint density at radius 1 is 1.25 bits per heavy atom. The molecule has 100 valence electrons. The van der Waals surface area contributed by atoms with Gasteiger partial charge in [0, 0.05) is 17.3 Å². The number of benzene rings is 2. The zero-order valence-electron chi connectivity index (χ0n) is 11.1. The average molecular weight is 266 g/mol. The second-order valence-electron chi connectivity index (χ2n) is 4.29. The molecule has 0 bridgehead atoms. The number of aryl methyl sites for hydroxylation is 1.